The first-order valence-corrected chi connectivity index (χ1v) is 10.4. The van der Waals surface area contributed by atoms with Gasteiger partial charge in [0.25, 0.3) is 0 Å². The molecule has 1 fully saturated rings. The number of hydrogen-bond acceptors (Lipinski definition) is 3. The van der Waals surface area contributed by atoms with Crippen LogP contribution >= 0.6 is 11.6 Å². The van der Waals surface area contributed by atoms with E-state index in [2.05, 4.69) is 5.32 Å². The zero-order valence-corrected chi connectivity index (χ0v) is 18.4. The number of hydrogen-bond donors (Lipinski definition) is 2. The number of benzene rings is 2. The molecule has 1 heterocycles. The Labute approximate surface area is 185 Å². The monoisotopic (exact) mass is 454 g/mol. The third-order valence-electron chi connectivity index (χ3n) is 5.97. The number of anilines is 1. The van der Waals surface area contributed by atoms with Crippen LogP contribution in [0.5, 0.6) is 0 Å². The normalized spacial score (nSPS) is 20.6. The first-order valence-electron chi connectivity index (χ1n) is 10.0. The molecule has 2 atom stereocenters. The maximum absolute atomic E-state index is 13.8. The van der Waals surface area contributed by atoms with Crippen LogP contribution in [-0.2, 0) is 11.3 Å². The van der Waals surface area contributed by atoms with E-state index in [1.54, 1.807) is 32.0 Å². The highest BCUT2D eigenvalue weighted by Gasteiger charge is 2.42. The van der Waals surface area contributed by atoms with Gasteiger partial charge in [0.1, 0.15) is 6.04 Å². The second-order valence-electron chi connectivity index (χ2n) is 8.60. The third-order valence-corrected chi connectivity index (χ3v) is 6.39. The maximum atomic E-state index is 13.8. The van der Waals surface area contributed by atoms with Crippen molar-refractivity contribution < 1.29 is 23.1 Å². The largest absolute Gasteiger partial charge is 0.481 e. The summed E-state index contributed by atoms with van der Waals surface area (Å²) >= 11 is 5.98. The summed E-state index contributed by atoms with van der Waals surface area (Å²) in [7, 11) is 0. The van der Waals surface area contributed by atoms with Crippen LogP contribution in [-0.4, -0.2) is 35.2 Å². The van der Waals surface area contributed by atoms with Gasteiger partial charge in [0.15, 0.2) is 0 Å². The van der Waals surface area contributed by atoms with Crippen LogP contribution in [0.15, 0.2) is 36.4 Å². The van der Waals surface area contributed by atoms with Gasteiger partial charge in [-0.3, -0.25) is 9.69 Å². The molecular formula is C23H26ClF3N2O2. The number of aryl methyl sites for hydroxylation is 2. The van der Waals surface area contributed by atoms with Gasteiger partial charge in [-0.1, -0.05) is 29.8 Å². The Hall–Kier alpha value is -2.25. The van der Waals surface area contributed by atoms with Gasteiger partial charge in [-0.25, -0.2) is 0 Å². The highest BCUT2D eigenvalue weighted by Crippen LogP contribution is 2.37. The fourth-order valence-corrected chi connectivity index (χ4v) is 4.02. The number of carboxylic acid groups (broad SMARTS) is 1. The average molecular weight is 455 g/mol. The molecule has 1 saturated heterocycles. The number of nitrogens with one attached hydrogen (secondary N) is 1. The zero-order chi connectivity index (χ0) is 23.0. The smallest absolute Gasteiger partial charge is 0.412 e. The lowest BCUT2D eigenvalue weighted by Gasteiger charge is -2.25. The number of alkyl halides is 3. The molecule has 0 saturated carbocycles. The standard InChI is InChI=1S/C23H26ClF3N2O2/c1-14-4-6-18(11-17(14)12-29-9-8-22(3,13-29)21(30)31)28-20(23(25,26)27)16-5-7-19(24)15(2)10-16/h4-7,10-11,20,28H,8-9,12-13H2,1-3H3,(H,30,31)/t20-,22?/m0/s1. The van der Waals surface area contributed by atoms with Crippen molar-refractivity contribution in [3.8, 4) is 0 Å². The Morgan fingerprint density at radius 3 is 2.52 bits per heavy atom. The summed E-state index contributed by atoms with van der Waals surface area (Å²) in [4.78, 5) is 13.5. The van der Waals surface area contributed by atoms with Crippen molar-refractivity contribution >= 4 is 23.3 Å². The second kappa shape index (κ2) is 8.71. The first-order chi connectivity index (χ1) is 14.4. The number of halogens is 4. The average Bonchev–Trinajstić information content (AvgIpc) is 3.06. The van der Waals surface area contributed by atoms with E-state index < -0.39 is 23.6 Å². The summed E-state index contributed by atoms with van der Waals surface area (Å²) in [6, 6.07) is 7.55. The molecule has 168 valence electrons. The van der Waals surface area contributed by atoms with E-state index in [4.69, 9.17) is 11.6 Å². The van der Waals surface area contributed by atoms with Gasteiger partial charge >= 0.3 is 12.1 Å². The number of nitrogens with zero attached hydrogens (tertiary/aromatic N) is 1. The minimum absolute atomic E-state index is 0.0910. The molecule has 2 aromatic rings. The predicted molar refractivity (Wildman–Crippen MR) is 115 cm³/mol. The summed E-state index contributed by atoms with van der Waals surface area (Å²) in [5, 5.41) is 12.5. The quantitative estimate of drug-likeness (QED) is 0.564. The molecule has 8 heteroatoms. The van der Waals surface area contributed by atoms with Gasteiger partial charge < -0.3 is 10.4 Å². The molecule has 31 heavy (non-hydrogen) atoms. The Bertz CT molecular complexity index is 980. The van der Waals surface area contributed by atoms with Crippen molar-refractivity contribution in [1.29, 1.82) is 0 Å². The third kappa shape index (κ3) is 5.33. The SMILES string of the molecule is Cc1cc([C@H](Nc2ccc(C)c(CN3CCC(C)(C(=O)O)C3)c2)C(F)(F)F)ccc1Cl. The Balaban J connectivity index is 1.82. The Kier molecular flexibility index (Phi) is 6.58. The van der Waals surface area contributed by atoms with Crippen LogP contribution in [0.4, 0.5) is 18.9 Å². The Morgan fingerprint density at radius 2 is 1.94 bits per heavy atom. The van der Waals surface area contributed by atoms with E-state index in [0.29, 0.717) is 42.3 Å². The van der Waals surface area contributed by atoms with Gasteiger partial charge in [0.2, 0.25) is 0 Å². The van der Waals surface area contributed by atoms with E-state index >= 15 is 0 Å². The molecule has 1 aliphatic rings. The van der Waals surface area contributed by atoms with Gasteiger partial charge in [-0.05, 0) is 74.2 Å². The highest BCUT2D eigenvalue weighted by molar-refractivity contribution is 6.31. The van der Waals surface area contributed by atoms with Gasteiger partial charge in [-0.15, -0.1) is 0 Å². The van der Waals surface area contributed by atoms with Gasteiger partial charge in [0.05, 0.1) is 5.41 Å². The summed E-state index contributed by atoms with van der Waals surface area (Å²) in [5.74, 6) is -0.826. The van der Waals surface area contributed by atoms with Crippen LogP contribution < -0.4 is 5.32 Å². The molecule has 4 nitrogen and oxygen atoms in total. The minimum atomic E-state index is -4.50. The molecule has 2 aromatic carbocycles. The first kappa shape index (κ1) is 23.4. The molecule has 0 radical (unpaired) electrons. The van der Waals surface area contributed by atoms with Crippen molar-refractivity contribution in [2.45, 2.75) is 46.0 Å². The van der Waals surface area contributed by atoms with E-state index in [1.165, 1.54) is 18.2 Å². The summed E-state index contributed by atoms with van der Waals surface area (Å²) in [6.07, 6.45) is -3.95. The number of aliphatic carboxylic acids is 1. The van der Waals surface area contributed by atoms with Crippen molar-refractivity contribution in [3.05, 3.63) is 63.7 Å². The van der Waals surface area contributed by atoms with E-state index in [9.17, 15) is 23.1 Å². The minimum Gasteiger partial charge on any atom is -0.481 e. The van der Waals surface area contributed by atoms with Crippen LogP contribution in [0.25, 0.3) is 0 Å². The lowest BCUT2D eigenvalue weighted by Crippen LogP contribution is -2.31. The fraction of sp³-hybridized carbons (Fsp3) is 0.435. The topological polar surface area (TPSA) is 52.6 Å². The summed E-state index contributed by atoms with van der Waals surface area (Å²) in [6.45, 7) is 6.83. The second-order valence-corrected chi connectivity index (χ2v) is 9.00. The van der Waals surface area contributed by atoms with Crippen molar-refractivity contribution in [1.82, 2.24) is 4.90 Å². The van der Waals surface area contributed by atoms with Crippen molar-refractivity contribution in [2.24, 2.45) is 5.41 Å². The number of carboxylic acids is 1. The van der Waals surface area contributed by atoms with Crippen molar-refractivity contribution in [2.75, 3.05) is 18.4 Å². The lowest BCUT2D eigenvalue weighted by molar-refractivity contribution is -0.147. The molecule has 0 aromatic heterocycles. The van der Waals surface area contributed by atoms with E-state index in [0.717, 1.165) is 11.1 Å². The maximum Gasteiger partial charge on any atom is 0.412 e. The van der Waals surface area contributed by atoms with Crippen LogP contribution in [0, 0.1) is 19.3 Å². The Morgan fingerprint density at radius 1 is 1.23 bits per heavy atom. The molecule has 1 unspecified atom stereocenters. The predicted octanol–water partition coefficient (Wildman–Crippen LogP) is 5.97. The van der Waals surface area contributed by atoms with Crippen LogP contribution in [0.1, 0.15) is 41.6 Å². The van der Waals surface area contributed by atoms with E-state index in [1.807, 2.05) is 11.8 Å². The summed E-state index contributed by atoms with van der Waals surface area (Å²) < 4.78 is 41.5. The fourth-order valence-electron chi connectivity index (χ4n) is 3.91. The number of carbonyl (C=O) groups is 1. The molecule has 3 rings (SSSR count). The van der Waals surface area contributed by atoms with Gasteiger partial charge in [-0.2, -0.15) is 13.2 Å². The molecule has 2 N–H and O–H groups in total. The van der Waals surface area contributed by atoms with E-state index in [-0.39, 0.29) is 5.56 Å². The molecule has 0 spiro atoms. The molecule has 0 bridgehead atoms. The van der Waals surface area contributed by atoms with Crippen molar-refractivity contribution in [3.63, 3.8) is 0 Å². The molecule has 0 amide bonds. The molecule has 1 aliphatic heterocycles. The zero-order valence-electron chi connectivity index (χ0n) is 17.7. The van der Waals surface area contributed by atoms with Crippen LogP contribution in [0.2, 0.25) is 5.02 Å². The van der Waals surface area contributed by atoms with Crippen LogP contribution in [0.3, 0.4) is 0 Å². The highest BCUT2D eigenvalue weighted by atomic mass is 35.5. The lowest BCUT2D eigenvalue weighted by atomic mass is 9.90. The number of likely N-dealkylation sites (tertiary alicyclic amines) is 1. The number of rotatable bonds is 6. The molecule has 0 aliphatic carbocycles. The van der Waals surface area contributed by atoms with Gasteiger partial charge in [0, 0.05) is 23.8 Å². The summed E-state index contributed by atoms with van der Waals surface area (Å²) in [5.41, 5.74) is 2.05. The molecular weight excluding hydrogens is 429 g/mol.